The van der Waals surface area contributed by atoms with E-state index in [1.54, 1.807) is 12.1 Å². The Kier molecular flexibility index (Phi) is 6.98. The molecule has 0 aliphatic heterocycles. The van der Waals surface area contributed by atoms with Crippen molar-refractivity contribution in [3.63, 3.8) is 0 Å². The molecule has 2 aromatic heterocycles. The third-order valence-electron chi connectivity index (χ3n) is 7.82. The number of rotatable bonds is 8. The van der Waals surface area contributed by atoms with Crippen LogP contribution in [0, 0.1) is 23.4 Å². The summed E-state index contributed by atoms with van der Waals surface area (Å²) >= 11 is 0. The van der Waals surface area contributed by atoms with E-state index in [-0.39, 0.29) is 40.6 Å². The van der Waals surface area contributed by atoms with Crippen LogP contribution in [0.1, 0.15) is 56.9 Å². The maximum absolute atomic E-state index is 14.2. The lowest BCUT2D eigenvalue weighted by Gasteiger charge is -2.22. The predicted octanol–water partition coefficient (Wildman–Crippen LogP) is 5.24. The normalized spacial score (nSPS) is 17.7. The number of hydrogen-bond donors (Lipinski definition) is 2. The molecule has 2 heterocycles. The number of primary amides is 1. The van der Waals surface area contributed by atoms with E-state index in [2.05, 4.69) is 15.4 Å². The number of carbonyl (C=O) groups is 2. The van der Waals surface area contributed by atoms with Crippen LogP contribution in [0.5, 0.6) is 0 Å². The maximum atomic E-state index is 14.2. The van der Waals surface area contributed by atoms with Crippen molar-refractivity contribution in [2.24, 2.45) is 11.7 Å². The molecule has 0 radical (unpaired) electrons. The molecule has 3 atom stereocenters. The predicted molar refractivity (Wildman–Crippen MR) is 141 cm³/mol. The van der Waals surface area contributed by atoms with E-state index in [1.165, 1.54) is 18.3 Å². The Balaban J connectivity index is 1.36. The van der Waals surface area contributed by atoms with Gasteiger partial charge >= 0.3 is 6.18 Å². The summed E-state index contributed by atoms with van der Waals surface area (Å²) in [6.45, 7) is -0.531. The monoisotopic (exact) mass is 599 g/mol. The lowest BCUT2D eigenvalue weighted by Crippen LogP contribution is -2.34. The summed E-state index contributed by atoms with van der Waals surface area (Å²) in [5, 5.41) is 6.48. The van der Waals surface area contributed by atoms with Crippen molar-refractivity contribution in [3.8, 4) is 11.1 Å². The molecule has 2 aromatic carbocycles. The highest BCUT2D eigenvalue weighted by molar-refractivity contribution is 5.94. The van der Waals surface area contributed by atoms with Gasteiger partial charge in [-0.25, -0.2) is 13.2 Å². The number of benzene rings is 2. The number of pyridine rings is 1. The summed E-state index contributed by atoms with van der Waals surface area (Å²) in [7, 11) is 0. The Morgan fingerprint density at radius 3 is 2.51 bits per heavy atom. The van der Waals surface area contributed by atoms with E-state index < -0.39 is 53.7 Å². The average molecular weight is 600 g/mol. The van der Waals surface area contributed by atoms with Gasteiger partial charge in [-0.3, -0.25) is 19.3 Å². The van der Waals surface area contributed by atoms with E-state index in [9.17, 15) is 35.9 Å². The van der Waals surface area contributed by atoms with Crippen molar-refractivity contribution in [1.82, 2.24) is 20.1 Å². The number of amides is 2. The van der Waals surface area contributed by atoms with Crippen LogP contribution in [0.15, 0.2) is 54.7 Å². The molecule has 7 nitrogen and oxygen atoms in total. The van der Waals surface area contributed by atoms with Crippen LogP contribution in [0.4, 0.5) is 26.3 Å². The summed E-state index contributed by atoms with van der Waals surface area (Å²) < 4.78 is 84.6. The van der Waals surface area contributed by atoms with Gasteiger partial charge in [-0.15, -0.1) is 0 Å². The van der Waals surface area contributed by atoms with E-state index in [0.717, 1.165) is 22.9 Å². The lowest BCUT2D eigenvalue weighted by molar-refractivity contribution is -0.142. The van der Waals surface area contributed by atoms with Gasteiger partial charge in [-0.2, -0.15) is 18.3 Å². The number of halogens is 6. The second-order valence-electron chi connectivity index (χ2n) is 10.8. The van der Waals surface area contributed by atoms with Gasteiger partial charge < -0.3 is 11.1 Å². The van der Waals surface area contributed by atoms with Crippen LogP contribution in [0.3, 0.4) is 0 Å². The molecule has 2 aliphatic rings. The minimum atomic E-state index is -4.67. The van der Waals surface area contributed by atoms with Gasteiger partial charge in [0.15, 0.2) is 5.69 Å². The highest BCUT2D eigenvalue weighted by atomic mass is 19.4. The average Bonchev–Trinajstić information content (AvgIpc) is 3.45. The Hall–Kier alpha value is -4.68. The third-order valence-corrected chi connectivity index (χ3v) is 7.82. The summed E-state index contributed by atoms with van der Waals surface area (Å²) in [4.78, 5) is 29.5. The number of hydrogen-bond acceptors (Lipinski definition) is 4. The Morgan fingerprint density at radius 2 is 1.81 bits per heavy atom. The van der Waals surface area contributed by atoms with Gasteiger partial charge in [0, 0.05) is 29.1 Å². The van der Waals surface area contributed by atoms with Crippen LogP contribution >= 0.6 is 0 Å². The molecule has 2 amide bonds. The highest BCUT2D eigenvalue weighted by Crippen LogP contribution is 2.59. The molecular formula is C30H23F6N5O2. The van der Waals surface area contributed by atoms with Gasteiger partial charge in [0.25, 0.3) is 5.91 Å². The van der Waals surface area contributed by atoms with Crippen molar-refractivity contribution in [1.29, 1.82) is 0 Å². The topological polar surface area (TPSA) is 103 Å². The molecule has 0 saturated heterocycles. The van der Waals surface area contributed by atoms with Crippen LogP contribution in [0.25, 0.3) is 11.1 Å². The second kappa shape index (κ2) is 10.5. The van der Waals surface area contributed by atoms with Gasteiger partial charge in [-0.05, 0) is 72.6 Å². The molecule has 13 heteroatoms. The molecule has 4 aromatic rings. The molecular weight excluding hydrogens is 576 g/mol. The molecule has 43 heavy (non-hydrogen) atoms. The maximum Gasteiger partial charge on any atom is 0.435 e. The largest absolute Gasteiger partial charge is 0.435 e. The number of nitrogens with two attached hydrogens (primary N) is 1. The second-order valence-corrected chi connectivity index (χ2v) is 10.8. The van der Waals surface area contributed by atoms with E-state index >= 15 is 0 Å². The van der Waals surface area contributed by atoms with Crippen LogP contribution in [-0.2, 0) is 30.4 Å². The van der Waals surface area contributed by atoms with E-state index in [0.29, 0.717) is 35.7 Å². The minimum absolute atomic E-state index is 0.108. The molecule has 1 fully saturated rings. The van der Waals surface area contributed by atoms with Crippen molar-refractivity contribution >= 4 is 11.8 Å². The standard InChI is InChI=1S/C30H23F6N5O2/c31-17-6-14(7-18(32)12-17)8-23(27-19(2-1-5-38-27)15-3-4-22(33)21(9-15)29(37)43)39-25(42)13-41-24-11-16-10-20(16)26(24)28(40-41)30(34,35)36/h1-7,9,12,16,20,23H,8,10-11,13H2,(H2,37,43)(H,39,42)/t16?,20?,23-/m0/s1. The number of fused-ring (bicyclic) bond motifs is 3. The van der Waals surface area contributed by atoms with Gasteiger partial charge in [-0.1, -0.05) is 12.1 Å². The number of nitrogens with one attached hydrogen (secondary N) is 1. The first-order chi connectivity index (χ1) is 20.4. The molecule has 2 unspecified atom stereocenters. The zero-order chi connectivity index (χ0) is 30.6. The lowest BCUT2D eigenvalue weighted by atomic mass is 9.94. The van der Waals surface area contributed by atoms with Crippen molar-refractivity contribution in [2.45, 2.75) is 43.9 Å². The van der Waals surface area contributed by atoms with E-state index in [4.69, 9.17) is 5.73 Å². The Bertz CT molecular complexity index is 1750. The fraction of sp³-hybridized carbons (Fsp3) is 0.267. The Labute approximate surface area is 240 Å². The first-order valence-electron chi connectivity index (χ1n) is 13.3. The number of nitrogens with zero attached hydrogens (tertiary/aromatic N) is 3. The van der Waals surface area contributed by atoms with Crippen molar-refractivity contribution < 1.29 is 35.9 Å². The van der Waals surface area contributed by atoms with Gasteiger partial charge in [0.1, 0.15) is 24.0 Å². The van der Waals surface area contributed by atoms with Crippen LogP contribution in [0.2, 0.25) is 0 Å². The SMILES string of the molecule is NC(=O)c1cc(-c2cccnc2[C@H](Cc2cc(F)cc(F)c2)NC(=O)Cn2nc(C(F)(F)F)c3c2CC2CC32)ccc1F. The molecule has 6 rings (SSSR count). The number of alkyl halides is 3. The highest BCUT2D eigenvalue weighted by Gasteiger charge is 2.53. The van der Waals surface area contributed by atoms with Gasteiger partial charge in [0.2, 0.25) is 5.91 Å². The molecule has 2 aliphatic carbocycles. The Morgan fingerprint density at radius 1 is 1.07 bits per heavy atom. The zero-order valence-corrected chi connectivity index (χ0v) is 22.3. The molecule has 0 spiro atoms. The zero-order valence-electron chi connectivity index (χ0n) is 22.3. The fourth-order valence-corrected chi connectivity index (χ4v) is 5.91. The van der Waals surface area contributed by atoms with Crippen molar-refractivity contribution in [2.75, 3.05) is 0 Å². The first-order valence-corrected chi connectivity index (χ1v) is 13.3. The van der Waals surface area contributed by atoms with Crippen LogP contribution < -0.4 is 11.1 Å². The summed E-state index contributed by atoms with van der Waals surface area (Å²) in [5.74, 6) is -4.37. The molecule has 1 saturated carbocycles. The van der Waals surface area contributed by atoms with E-state index in [1.807, 2.05) is 0 Å². The minimum Gasteiger partial charge on any atom is -0.366 e. The molecule has 0 bridgehead atoms. The smallest absolute Gasteiger partial charge is 0.366 e. The molecule has 222 valence electrons. The fourth-order valence-electron chi connectivity index (χ4n) is 5.91. The van der Waals surface area contributed by atoms with Crippen molar-refractivity contribution in [3.05, 3.63) is 106 Å². The summed E-state index contributed by atoms with van der Waals surface area (Å²) in [6, 6.07) is 8.59. The third kappa shape index (κ3) is 5.58. The number of aromatic nitrogens is 3. The molecule has 3 N–H and O–H groups in total. The van der Waals surface area contributed by atoms with Crippen LogP contribution in [-0.4, -0.2) is 26.6 Å². The van der Waals surface area contributed by atoms with Gasteiger partial charge in [0.05, 0.1) is 17.3 Å². The first kappa shape index (κ1) is 28.4. The summed E-state index contributed by atoms with van der Waals surface area (Å²) in [6.07, 6.45) is -2.38. The summed E-state index contributed by atoms with van der Waals surface area (Å²) in [5.41, 5.74) is 5.49. The number of carbonyl (C=O) groups excluding carboxylic acids is 2. The quantitative estimate of drug-likeness (QED) is 0.271.